The molecule has 1 fully saturated rings. The molecule has 1 saturated carbocycles. The predicted octanol–water partition coefficient (Wildman–Crippen LogP) is 2.05. The van der Waals surface area contributed by atoms with Gasteiger partial charge in [0.05, 0.1) is 6.20 Å². The van der Waals surface area contributed by atoms with Crippen molar-refractivity contribution in [3.8, 4) is 0 Å². The van der Waals surface area contributed by atoms with E-state index in [2.05, 4.69) is 10.1 Å². The maximum absolute atomic E-state index is 13.5. The van der Waals surface area contributed by atoms with Gasteiger partial charge in [-0.2, -0.15) is 5.10 Å². The van der Waals surface area contributed by atoms with Gasteiger partial charge in [0.15, 0.2) is 11.6 Å². The summed E-state index contributed by atoms with van der Waals surface area (Å²) in [6, 6.07) is -0.944. The van der Waals surface area contributed by atoms with E-state index in [0.29, 0.717) is 12.0 Å². The van der Waals surface area contributed by atoms with E-state index in [0.717, 1.165) is 18.5 Å². The highest BCUT2D eigenvalue weighted by atomic mass is 19.3. The van der Waals surface area contributed by atoms with E-state index in [1.165, 1.54) is 9.80 Å². The van der Waals surface area contributed by atoms with Crippen molar-refractivity contribution in [2.24, 2.45) is 7.05 Å². The highest BCUT2D eigenvalue weighted by molar-refractivity contribution is 5.97. The zero-order valence-electron chi connectivity index (χ0n) is 15.9. The van der Waals surface area contributed by atoms with Crippen molar-refractivity contribution in [2.75, 3.05) is 20.6 Å². The lowest BCUT2D eigenvalue weighted by molar-refractivity contribution is -0.134. The maximum atomic E-state index is 13.5. The van der Waals surface area contributed by atoms with Crippen LogP contribution in [0, 0.1) is 0 Å². The number of likely N-dealkylation sites (N-methyl/N-ethyl adjacent to an activating group) is 1. The molecule has 0 spiro atoms. The molecule has 0 bridgehead atoms. The van der Waals surface area contributed by atoms with Crippen LogP contribution in [0.1, 0.15) is 64.6 Å². The Kier molecular flexibility index (Phi) is 4.43. The first kappa shape index (κ1) is 18.6. The fourth-order valence-electron chi connectivity index (χ4n) is 3.55. The predicted molar refractivity (Wildman–Crippen MR) is 92.8 cm³/mol. The van der Waals surface area contributed by atoms with E-state index in [1.807, 2.05) is 0 Å². The van der Waals surface area contributed by atoms with Gasteiger partial charge in [-0.3, -0.25) is 14.3 Å². The number of oxazole rings is 1. The summed E-state index contributed by atoms with van der Waals surface area (Å²) in [5.41, 5.74) is 0.788. The lowest BCUT2D eigenvalue weighted by Crippen LogP contribution is -2.47. The molecular weight excluding hydrogens is 372 g/mol. The number of rotatable bonds is 4. The van der Waals surface area contributed by atoms with E-state index in [4.69, 9.17) is 4.42 Å². The van der Waals surface area contributed by atoms with Crippen molar-refractivity contribution in [3.63, 3.8) is 0 Å². The Morgan fingerprint density at radius 2 is 2.04 bits per heavy atom. The number of halogens is 2. The fraction of sp³-hybridized carbons (Fsp3) is 0.556. The molecule has 28 heavy (non-hydrogen) atoms. The Labute approximate surface area is 160 Å². The van der Waals surface area contributed by atoms with E-state index in [9.17, 15) is 18.4 Å². The van der Waals surface area contributed by atoms with Gasteiger partial charge in [0.25, 0.3) is 12.3 Å². The number of hydrogen-bond acceptors (Lipinski definition) is 5. The first-order chi connectivity index (χ1) is 13.3. The van der Waals surface area contributed by atoms with Crippen LogP contribution in [0.4, 0.5) is 8.78 Å². The molecule has 0 aromatic carbocycles. The second-order valence-corrected chi connectivity index (χ2v) is 7.40. The average molecular weight is 393 g/mol. The minimum Gasteiger partial charge on any atom is -0.435 e. The largest absolute Gasteiger partial charge is 0.435 e. The lowest BCUT2D eigenvalue weighted by Gasteiger charge is -2.35. The van der Waals surface area contributed by atoms with Crippen molar-refractivity contribution in [1.82, 2.24) is 24.6 Å². The highest BCUT2D eigenvalue weighted by Gasteiger charge is 2.42. The second-order valence-electron chi connectivity index (χ2n) is 7.40. The third kappa shape index (κ3) is 2.96. The topological polar surface area (TPSA) is 84.5 Å². The van der Waals surface area contributed by atoms with Crippen LogP contribution >= 0.6 is 0 Å². The second kappa shape index (κ2) is 6.68. The van der Waals surface area contributed by atoms with Crippen molar-refractivity contribution < 1.29 is 22.8 Å². The van der Waals surface area contributed by atoms with Crippen LogP contribution in [-0.2, 0) is 18.3 Å². The number of hydrogen-bond donors (Lipinski definition) is 0. The van der Waals surface area contributed by atoms with Gasteiger partial charge in [-0.25, -0.2) is 13.8 Å². The molecule has 0 radical (unpaired) electrons. The van der Waals surface area contributed by atoms with E-state index >= 15 is 0 Å². The summed E-state index contributed by atoms with van der Waals surface area (Å²) in [6.07, 6.45) is 0.688. The van der Waals surface area contributed by atoms with Gasteiger partial charge in [0, 0.05) is 51.3 Å². The number of aryl methyl sites for hydroxylation is 1. The smallest absolute Gasteiger partial charge is 0.292 e. The van der Waals surface area contributed by atoms with Crippen molar-refractivity contribution >= 4 is 11.8 Å². The Morgan fingerprint density at radius 3 is 2.64 bits per heavy atom. The normalized spacial score (nSPS) is 19.1. The molecule has 1 unspecified atom stereocenters. The molecule has 0 N–H and O–H groups in total. The SMILES string of the molecule is CN(C)C(=O)C1c2cnn(C)c2CCN1C(=O)c1oc(C2CC2)nc1C(F)F. The van der Waals surface area contributed by atoms with Gasteiger partial charge in [-0.15, -0.1) is 0 Å². The van der Waals surface area contributed by atoms with Gasteiger partial charge < -0.3 is 14.2 Å². The van der Waals surface area contributed by atoms with E-state index in [1.54, 1.807) is 32.0 Å². The third-order valence-corrected chi connectivity index (χ3v) is 5.22. The molecule has 0 saturated heterocycles. The van der Waals surface area contributed by atoms with E-state index in [-0.39, 0.29) is 24.3 Å². The minimum atomic E-state index is -2.93. The molecule has 3 heterocycles. The minimum absolute atomic E-state index is 0.00969. The zero-order valence-corrected chi connectivity index (χ0v) is 15.9. The van der Waals surface area contributed by atoms with Crippen LogP contribution in [0.2, 0.25) is 0 Å². The van der Waals surface area contributed by atoms with Gasteiger partial charge in [0.2, 0.25) is 11.7 Å². The summed E-state index contributed by atoms with van der Waals surface area (Å²) >= 11 is 0. The standard InChI is InChI=1S/C18H21F2N5O3/c1-23(2)17(26)13-10-8-21-24(3)11(10)6-7-25(13)18(27)14-12(15(19)20)22-16(28-14)9-4-5-9/h8-9,13,15H,4-7H2,1-3H3. The van der Waals surface area contributed by atoms with E-state index < -0.39 is 29.8 Å². The average Bonchev–Trinajstić information content (AvgIpc) is 3.30. The summed E-state index contributed by atoms with van der Waals surface area (Å²) in [5.74, 6) is -1.38. The Balaban J connectivity index is 1.75. The maximum Gasteiger partial charge on any atom is 0.292 e. The summed E-state index contributed by atoms with van der Waals surface area (Å²) in [7, 11) is 4.93. The summed E-state index contributed by atoms with van der Waals surface area (Å²) in [5, 5.41) is 4.19. The molecule has 150 valence electrons. The van der Waals surface area contributed by atoms with Gasteiger partial charge in [-0.1, -0.05) is 0 Å². The Morgan fingerprint density at radius 1 is 1.32 bits per heavy atom. The number of alkyl halides is 2. The molecule has 2 aromatic heterocycles. The Hall–Kier alpha value is -2.78. The Bertz CT molecular complexity index is 932. The summed E-state index contributed by atoms with van der Waals surface area (Å²) in [4.78, 5) is 32.6. The zero-order chi connectivity index (χ0) is 20.2. The number of amides is 2. The number of nitrogens with zero attached hydrogens (tertiary/aromatic N) is 5. The lowest BCUT2D eigenvalue weighted by atomic mass is 9.97. The van der Waals surface area contributed by atoms with Crippen LogP contribution in [0.25, 0.3) is 0 Å². The molecule has 2 amide bonds. The molecule has 4 rings (SSSR count). The van der Waals surface area contributed by atoms with Crippen molar-refractivity contribution in [1.29, 1.82) is 0 Å². The van der Waals surface area contributed by atoms with Crippen LogP contribution in [-0.4, -0.2) is 57.0 Å². The first-order valence-corrected chi connectivity index (χ1v) is 9.11. The summed E-state index contributed by atoms with van der Waals surface area (Å²) in [6.45, 7) is 0.192. The van der Waals surface area contributed by atoms with Crippen LogP contribution in [0.3, 0.4) is 0 Å². The van der Waals surface area contributed by atoms with Gasteiger partial charge in [0.1, 0.15) is 6.04 Å². The quantitative estimate of drug-likeness (QED) is 0.794. The molecule has 1 aliphatic heterocycles. The monoisotopic (exact) mass is 393 g/mol. The number of carbonyl (C=O) groups is 2. The molecule has 10 heteroatoms. The summed E-state index contributed by atoms with van der Waals surface area (Å²) < 4.78 is 34.1. The molecule has 2 aromatic rings. The molecule has 1 aliphatic carbocycles. The first-order valence-electron chi connectivity index (χ1n) is 9.11. The van der Waals surface area contributed by atoms with Crippen molar-refractivity contribution in [3.05, 3.63) is 34.8 Å². The number of aromatic nitrogens is 3. The molecular formula is C18H21F2N5O3. The molecule has 8 nitrogen and oxygen atoms in total. The molecule has 2 aliphatic rings. The number of carbonyl (C=O) groups excluding carboxylic acids is 2. The number of fused-ring (bicyclic) bond motifs is 1. The van der Waals surface area contributed by atoms with Crippen LogP contribution < -0.4 is 0 Å². The third-order valence-electron chi connectivity index (χ3n) is 5.22. The molecule has 1 atom stereocenters. The van der Waals surface area contributed by atoms with Crippen LogP contribution in [0.15, 0.2) is 10.6 Å². The van der Waals surface area contributed by atoms with Gasteiger partial charge >= 0.3 is 0 Å². The fourth-order valence-corrected chi connectivity index (χ4v) is 3.55. The van der Waals surface area contributed by atoms with Gasteiger partial charge in [-0.05, 0) is 12.8 Å². The van der Waals surface area contributed by atoms with Crippen molar-refractivity contribution in [2.45, 2.75) is 37.6 Å². The highest BCUT2D eigenvalue weighted by Crippen LogP contribution is 2.42. The van der Waals surface area contributed by atoms with Crippen LogP contribution in [0.5, 0.6) is 0 Å².